The highest BCUT2D eigenvalue weighted by molar-refractivity contribution is 6.46. The Morgan fingerprint density at radius 1 is 0.878 bits per heavy atom. The minimum absolute atomic E-state index is 0.0122. The number of ether oxygens (including phenoxy) is 4. The second-order valence-corrected chi connectivity index (χ2v) is 9.75. The number of aliphatic hydroxyl groups is 1. The number of unbranched alkanes of at least 4 members (excludes halogenated alkanes) is 1. The van der Waals surface area contributed by atoms with E-state index in [0.29, 0.717) is 54.6 Å². The molecule has 0 aromatic heterocycles. The molecule has 1 N–H and O–H groups in total. The maximum absolute atomic E-state index is 13.4. The lowest BCUT2D eigenvalue weighted by Crippen LogP contribution is -2.31. The quantitative estimate of drug-likeness (QED) is 0.114. The predicted octanol–water partition coefficient (Wildman–Crippen LogP) is 5.91. The second kappa shape index (κ2) is 14.4. The lowest BCUT2D eigenvalue weighted by molar-refractivity contribution is -0.140. The van der Waals surface area contributed by atoms with Gasteiger partial charge in [-0.05, 0) is 48.2 Å². The molecule has 3 aromatic rings. The van der Waals surface area contributed by atoms with E-state index < -0.39 is 17.7 Å². The largest absolute Gasteiger partial charge is 0.507 e. The highest BCUT2D eigenvalue weighted by Crippen LogP contribution is 2.42. The molecular weight excluding hydrogens is 522 g/mol. The molecule has 3 aromatic carbocycles. The van der Waals surface area contributed by atoms with Crippen LogP contribution in [0.1, 0.15) is 48.9 Å². The van der Waals surface area contributed by atoms with E-state index in [0.717, 1.165) is 18.4 Å². The first-order valence-corrected chi connectivity index (χ1v) is 13.8. The molecule has 0 aliphatic carbocycles. The van der Waals surface area contributed by atoms with Gasteiger partial charge in [0.05, 0.1) is 25.3 Å². The third-order valence-electron chi connectivity index (χ3n) is 6.90. The van der Waals surface area contributed by atoms with Gasteiger partial charge in [0, 0.05) is 25.8 Å². The second-order valence-electron chi connectivity index (χ2n) is 9.75. The van der Waals surface area contributed by atoms with E-state index in [4.69, 9.17) is 18.9 Å². The molecule has 1 aliphatic heterocycles. The van der Waals surface area contributed by atoms with Gasteiger partial charge < -0.3 is 29.0 Å². The summed E-state index contributed by atoms with van der Waals surface area (Å²) in [4.78, 5) is 28.1. The molecule has 1 saturated heterocycles. The first-order valence-electron chi connectivity index (χ1n) is 13.8. The third-order valence-corrected chi connectivity index (χ3v) is 6.90. The predicted molar refractivity (Wildman–Crippen MR) is 156 cm³/mol. The number of methoxy groups -OCH3 is 2. The summed E-state index contributed by atoms with van der Waals surface area (Å²) in [6, 6.07) is 21.2. The van der Waals surface area contributed by atoms with Crippen molar-refractivity contribution in [2.24, 2.45) is 0 Å². The van der Waals surface area contributed by atoms with Crippen molar-refractivity contribution in [2.45, 2.75) is 38.8 Å². The first kappa shape index (κ1) is 29.7. The maximum atomic E-state index is 13.4. The molecule has 1 unspecified atom stereocenters. The van der Waals surface area contributed by atoms with Crippen molar-refractivity contribution in [3.05, 3.63) is 95.1 Å². The van der Waals surface area contributed by atoms with Crippen LogP contribution in [0.2, 0.25) is 0 Å². The number of likely N-dealkylation sites (tertiary alicyclic amines) is 1. The van der Waals surface area contributed by atoms with Crippen LogP contribution in [0.25, 0.3) is 5.76 Å². The Balaban J connectivity index is 1.72. The summed E-state index contributed by atoms with van der Waals surface area (Å²) >= 11 is 0. The van der Waals surface area contributed by atoms with E-state index in [1.165, 1.54) is 12.0 Å². The molecule has 0 saturated carbocycles. The molecule has 4 rings (SSSR count). The van der Waals surface area contributed by atoms with Gasteiger partial charge in [-0.2, -0.15) is 0 Å². The van der Waals surface area contributed by atoms with Gasteiger partial charge >= 0.3 is 0 Å². The fourth-order valence-corrected chi connectivity index (χ4v) is 4.77. The van der Waals surface area contributed by atoms with Crippen LogP contribution in [0.15, 0.2) is 78.4 Å². The number of amides is 1. The molecule has 1 amide bonds. The van der Waals surface area contributed by atoms with Crippen molar-refractivity contribution in [3.63, 3.8) is 0 Å². The average Bonchev–Trinajstić information content (AvgIpc) is 3.25. The number of carbonyl (C=O) groups is 2. The van der Waals surface area contributed by atoms with E-state index in [1.54, 1.807) is 49.6 Å². The fraction of sp³-hybridized carbons (Fsp3) is 0.333. The number of rotatable bonds is 14. The van der Waals surface area contributed by atoms with Gasteiger partial charge in [-0.3, -0.25) is 9.59 Å². The lowest BCUT2D eigenvalue weighted by Gasteiger charge is -2.26. The van der Waals surface area contributed by atoms with Crippen LogP contribution < -0.4 is 14.2 Å². The van der Waals surface area contributed by atoms with Gasteiger partial charge in [0.15, 0.2) is 11.5 Å². The zero-order chi connectivity index (χ0) is 29.2. The van der Waals surface area contributed by atoms with Crippen LogP contribution in [0.3, 0.4) is 0 Å². The van der Waals surface area contributed by atoms with E-state index in [1.807, 2.05) is 30.3 Å². The monoisotopic (exact) mass is 559 g/mol. The molecule has 41 heavy (non-hydrogen) atoms. The summed E-state index contributed by atoms with van der Waals surface area (Å²) in [5.41, 5.74) is 2.03. The van der Waals surface area contributed by atoms with Crippen LogP contribution in [-0.2, 0) is 20.9 Å². The highest BCUT2D eigenvalue weighted by atomic mass is 16.5. The molecule has 8 heteroatoms. The maximum Gasteiger partial charge on any atom is 0.295 e. The van der Waals surface area contributed by atoms with Crippen molar-refractivity contribution < 1.29 is 33.6 Å². The first-order chi connectivity index (χ1) is 20.0. The lowest BCUT2D eigenvalue weighted by atomic mass is 9.95. The molecule has 0 radical (unpaired) electrons. The zero-order valence-electron chi connectivity index (χ0n) is 23.8. The number of hydrogen-bond donors (Lipinski definition) is 1. The third kappa shape index (κ3) is 7.08. The molecule has 1 heterocycles. The van der Waals surface area contributed by atoms with Gasteiger partial charge in [-0.1, -0.05) is 61.9 Å². The van der Waals surface area contributed by atoms with Gasteiger partial charge in [-0.15, -0.1) is 0 Å². The summed E-state index contributed by atoms with van der Waals surface area (Å²) in [6.07, 6.45) is 2.41. The number of benzene rings is 3. The zero-order valence-corrected chi connectivity index (χ0v) is 23.8. The minimum atomic E-state index is -0.825. The van der Waals surface area contributed by atoms with Crippen molar-refractivity contribution >= 4 is 17.4 Å². The number of hydrogen-bond acceptors (Lipinski definition) is 7. The van der Waals surface area contributed by atoms with Crippen LogP contribution >= 0.6 is 0 Å². The molecular formula is C33H37NO7. The SMILES string of the molecule is CCCCOc1cccc(C(O)=C2C(=O)C(=O)N(CCCOC)C2c2ccc(OCc3ccccc3)c(OC)c2)c1. The van der Waals surface area contributed by atoms with Crippen LogP contribution in [-0.4, -0.2) is 55.7 Å². The minimum Gasteiger partial charge on any atom is -0.507 e. The molecule has 8 nitrogen and oxygen atoms in total. The van der Waals surface area contributed by atoms with Crippen LogP contribution in [0, 0.1) is 0 Å². The van der Waals surface area contributed by atoms with Gasteiger partial charge in [0.2, 0.25) is 0 Å². The smallest absolute Gasteiger partial charge is 0.295 e. The van der Waals surface area contributed by atoms with Crippen LogP contribution in [0.5, 0.6) is 17.2 Å². The Hall–Kier alpha value is -4.30. The van der Waals surface area contributed by atoms with E-state index in [2.05, 4.69) is 6.92 Å². The fourth-order valence-electron chi connectivity index (χ4n) is 4.77. The van der Waals surface area contributed by atoms with Gasteiger partial charge in [0.25, 0.3) is 11.7 Å². The van der Waals surface area contributed by atoms with Crippen molar-refractivity contribution in [2.75, 3.05) is 34.0 Å². The van der Waals surface area contributed by atoms with Crippen molar-refractivity contribution in [1.82, 2.24) is 4.90 Å². The normalized spacial score (nSPS) is 16.2. The number of nitrogens with zero attached hydrogens (tertiary/aromatic N) is 1. The Labute approximate surface area is 241 Å². The van der Waals surface area contributed by atoms with Gasteiger partial charge in [-0.25, -0.2) is 0 Å². The summed E-state index contributed by atoms with van der Waals surface area (Å²) in [5, 5.41) is 11.5. The molecule has 0 bridgehead atoms. The van der Waals surface area contributed by atoms with Crippen molar-refractivity contribution in [1.29, 1.82) is 0 Å². The molecule has 1 atom stereocenters. The Morgan fingerprint density at radius 2 is 1.68 bits per heavy atom. The summed E-state index contributed by atoms with van der Waals surface area (Å²) in [6.45, 7) is 3.66. The molecule has 1 aliphatic rings. The average molecular weight is 560 g/mol. The standard InChI is InChI=1S/C33H37NO7/c1-4-5-19-40-26-14-9-13-25(20-26)31(35)29-30(34(17-10-18-38-2)33(37)32(29)36)24-15-16-27(28(21-24)39-3)41-22-23-11-7-6-8-12-23/h6-9,11-16,20-21,30,35H,4-5,10,17-19,22H2,1-3H3. The summed E-state index contributed by atoms with van der Waals surface area (Å²) < 4.78 is 22.6. The van der Waals surface area contributed by atoms with E-state index >= 15 is 0 Å². The van der Waals surface area contributed by atoms with Crippen LogP contribution in [0.4, 0.5) is 0 Å². The Kier molecular flexibility index (Phi) is 10.4. The van der Waals surface area contributed by atoms with E-state index in [9.17, 15) is 14.7 Å². The topological polar surface area (TPSA) is 94.5 Å². The molecule has 216 valence electrons. The van der Waals surface area contributed by atoms with Crippen molar-refractivity contribution in [3.8, 4) is 17.2 Å². The Bertz CT molecular complexity index is 1370. The number of ketones is 1. The molecule has 0 spiro atoms. The number of Topliss-reactive ketones (excluding diaryl/α,β-unsaturated/α-hetero) is 1. The van der Waals surface area contributed by atoms with Gasteiger partial charge in [0.1, 0.15) is 18.1 Å². The van der Waals surface area contributed by atoms with E-state index in [-0.39, 0.29) is 17.9 Å². The number of carbonyl (C=O) groups excluding carboxylic acids is 2. The summed E-state index contributed by atoms with van der Waals surface area (Å²) in [5.74, 6) is -0.126. The molecule has 1 fully saturated rings. The Morgan fingerprint density at radius 3 is 2.41 bits per heavy atom. The summed E-state index contributed by atoms with van der Waals surface area (Å²) in [7, 11) is 3.12. The number of aliphatic hydroxyl groups excluding tert-OH is 1. The highest BCUT2D eigenvalue weighted by Gasteiger charge is 2.46.